The summed E-state index contributed by atoms with van der Waals surface area (Å²) in [5, 5.41) is 11.5. The van der Waals surface area contributed by atoms with Gasteiger partial charge in [0, 0.05) is 10.9 Å². The Labute approximate surface area is 149 Å². The number of carbonyl (C=O) groups is 1. The molecule has 0 saturated heterocycles. The van der Waals surface area contributed by atoms with E-state index in [2.05, 4.69) is 17.1 Å². The third-order valence-electron chi connectivity index (χ3n) is 3.64. The van der Waals surface area contributed by atoms with Crippen molar-refractivity contribution < 1.29 is 4.79 Å². The minimum absolute atomic E-state index is 0.182. The number of halogens is 1. The molecule has 3 aromatic rings. The summed E-state index contributed by atoms with van der Waals surface area (Å²) in [6, 6.07) is 20.2. The molecule has 1 heterocycles. The van der Waals surface area contributed by atoms with Gasteiger partial charge in [-0.05, 0) is 11.1 Å². The Morgan fingerprint density at radius 1 is 1.08 bits per heavy atom. The number of hydrogen-bond acceptors (Lipinski definition) is 4. The van der Waals surface area contributed by atoms with Crippen LogP contribution in [-0.4, -0.2) is 16.6 Å². The van der Waals surface area contributed by atoms with Gasteiger partial charge in [0.2, 0.25) is 0 Å². The molecule has 3 rings (SSSR count). The molecular weight excluding hydrogens is 340 g/mol. The smallest absolute Gasteiger partial charge is 0.171 e. The first-order valence-electron chi connectivity index (χ1n) is 7.32. The molecule has 5 heteroatoms. The molecule has 1 aromatic heterocycles. The average Bonchev–Trinajstić information content (AvgIpc) is 3.13. The van der Waals surface area contributed by atoms with E-state index < -0.39 is 5.92 Å². The molecule has 0 aliphatic heterocycles. The second-order valence-corrected chi connectivity index (χ2v) is 6.33. The van der Waals surface area contributed by atoms with Crippen molar-refractivity contribution in [1.29, 1.82) is 5.26 Å². The van der Waals surface area contributed by atoms with Gasteiger partial charge < -0.3 is 0 Å². The van der Waals surface area contributed by atoms with Crippen LogP contribution in [0.25, 0.3) is 22.4 Å². The molecule has 0 N–H and O–H groups in total. The number of alkyl halides is 1. The van der Waals surface area contributed by atoms with Crippen LogP contribution in [-0.2, 0) is 4.79 Å². The number of benzene rings is 2. The molecule has 0 aliphatic carbocycles. The lowest BCUT2D eigenvalue weighted by Crippen LogP contribution is -2.11. The van der Waals surface area contributed by atoms with Crippen molar-refractivity contribution in [2.24, 2.45) is 0 Å². The number of nitrogens with zero attached hydrogens (tertiary/aromatic N) is 2. The predicted octanol–water partition coefficient (Wildman–Crippen LogP) is 4.89. The largest absolute Gasteiger partial charge is 0.296 e. The van der Waals surface area contributed by atoms with Gasteiger partial charge in [0.25, 0.3) is 0 Å². The molecule has 1 atom stereocenters. The van der Waals surface area contributed by atoms with Crippen LogP contribution in [0.4, 0.5) is 0 Å². The van der Waals surface area contributed by atoms with E-state index in [1.807, 2.05) is 53.9 Å². The summed E-state index contributed by atoms with van der Waals surface area (Å²) < 4.78 is 0. The van der Waals surface area contributed by atoms with Gasteiger partial charge in [-0.1, -0.05) is 54.6 Å². The Morgan fingerprint density at radius 3 is 2.33 bits per heavy atom. The highest BCUT2D eigenvalue weighted by molar-refractivity contribution is 7.10. The summed E-state index contributed by atoms with van der Waals surface area (Å²) in [4.78, 5) is 16.1. The molecule has 0 radical (unpaired) electrons. The maximum Gasteiger partial charge on any atom is 0.171 e. The van der Waals surface area contributed by atoms with Crippen LogP contribution < -0.4 is 0 Å². The van der Waals surface area contributed by atoms with Crippen LogP contribution in [0.15, 0.2) is 60.0 Å². The second-order valence-electron chi connectivity index (χ2n) is 5.18. The van der Waals surface area contributed by atoms with Gasteiger partial charge in [-0.2, -0.15) is 5.26 Å². The van der Waals surface area contributed by atoms with Crippen LogP contribution in [0.2, 0.25) is 0 Å². The van der Waals surface area contributed by atoms with E-state index in [1.165, 1.54) is 11.3 Å². The first-order valence-corrected chi connectivity index (χ1v) is 8.74. The van der Waals surface area contributed by atoms with Crippen molar-refractivity contribution >= 4 is 28.7 Å². The van der Waals surface area contributed by atoms with Crippen molar-refractivity contribution in [2.45, 2.75) is 5.92 Å². The van der Waals surface area contributed by atoms with Crippen molar-refractivity contribution in [3.8, 4) is 28.5 Å². The Hall–Kier alpha value is -2.48. The fraction of sp³-hybridized carbons (Fsp3) is 0.105. The molecular formula is C19H13ClN2OS. The van der Waals surface area contributed by atoms with E-state index in [4.69, 9.17) is 16.9 Å². The van der Waals surface area contributed by atoms with Crippen LogP contribution in [0.5, 0.6) is 0 Å². The predicted molar refractivity (Wildman–Crippen MR) is 97.1 cm³/mol. The molecule has 24 heavy (non-hydrogen) atoms. The number of ketones is 1. The topological polar surface area (TPSA) is 53.8 Å². The lowest BCUT2D eigenvalue weighted by Gasteiger charge is -2.03. The number of Topliss-reactive ketones (excluding diaryl/α,β-unsaturated/α-hetero) is 1. The van der Waals surface area contributed by atoms with Crippen LogP contribution in [0.3, 0.4) is 0 Å². The van der Waals surface area contributed by atoms with E-state index in [0.717, 1.165) is 22.4 Å². The Bertz CT molecular complexity index is 882. The maximum atomic E-state index is 11.7. The Balaban J connectivity index is 1.86. The Morgan fingerprint density at radius 2 is 1.71 bits per heavy atom. The Kier molecular flexibility index (Phi) is 5.05. The number of aromatic nitrogens is 1. The van der Waals surface area contributed by atoms with E-state index in [0.29, 0.717) is 5.01 Å². The van der Waals surface area contributed by atoms with Gasteiger partial charge in [-0.25, -0.2) is 4.98 Å². The molecule has 0 amide bonds. The molecule has 1 unspecified atom stereocenters. The standard InChI is InChI=1S/C19H13ClN2OS/c20-10-18(23)16(11-21)19-22-17(12-24-19)15-8-6-14(7-9-15)13-4-2-1-3-5-13/h1-9,12,16H,10H2. The van der Waals surface area contributed by atoms with Gasteiger partial charge in [0.05, 0.1) is 17.6 Å². The zero-order valence-electron chi connectivity index (χ0n) is 12.6. The summed E-state index contributed by atoms with van der Waals surface area (Å²) in [6.45, 7) is 0. The summed E-state index contributed by atoms with van der Waals surface area (Å²) in [5.74, 6) is -1.39. The normalized spacial score (nSPS) is 11.7. The third kappa shape index (κ3) is 3.38. The fourth-order valence-electron chi connectivity index (χ4n) is 2.36. The molecule has 0 fully saturated rings. The molecule has 0 saturated carbocycles. The molecule has 0 aliphatic rings. The van der Waals surface area contributed by atoms with Gasteiger partial charge in [-0.3, -0.25) is 4.79 Å². The minimum atomic E-state index is -0.884. The molecule has 2 aromatic carbocycles. The second kappa shape index (κ2) is 7.39. The number of hydrogen-bond donors (Lipinski definition) is 0. The lowest BCUT2D eigenvalue weighted by atomic mass is 10.0. The summed E-state index contributed by atoms with van der Waals surface area (Å²) in [6.07, 6.45) is 0. The average molecular weight is 353 g/mol. The third-order valence-corrected chi connectivity index (χ3v) is 4.81. The van der Waals surface area contributed by atoms with E-state index in [-0.39, 0.29) is 11.7 Å². The van der Waals surface area contributed by atoms with Crippen LogP contribution in [0, 0.1) is 11.3 Å². The number of carbonyl (C=O) groups excluding carboxylic acids is 1. The molecule has 118 valence electrons. The van der Waals surface area contributed by atoms with Crippen molar-refractivity contribution in [2.75, 3.05) is 5.88 Å². The minimum Gasteiger partial charge on any atom is -0.296 e. The summed E-state index contributed by atoms with van der Waals surface area (Å²) in [7, 11) is 0. The fourth-order valence-corrected chi connectivity index (χ4v) is 3.41. The zero-order chi connectivity index (χ0) is 16.9. The number of thiazole rings is 1. The lowest BCUT2D eigenvalue weighted by molar-refractivity contribution is -0.117. The maximum absolute atomic E-state index is 11.7. The van der Waals surface area contributed by atoms with Gasteiger partial charge in [0.1, 0.15) is 5.01 Å². The monoisotopic (exact) mass is 352 g/mol. The van der Waals surface area contributed by atoms with Gasteiger partial charge in [0.15, 0.2) is 11.7 Å². The van der Waals surface area contributed by atoms with E-state index >= 15 is 0 Å². The molecule has 0 bridgehead atoms. The highest BCUT2D eigenvalue weighted by Crippen LogP contribution is 2.29. The van der Waals surface area contributed by atoms with E-state index in [9.17, 15) is 4.79 Å². The van der Waals surface area contributed by atoms with Crippen LogP contribution >= 0.6 is 22.9 Å². The van der Waals surface area contributed by atoms with Crippen molar-refractivity contribution in [1.82, 2.24) is 4.98 Å². The summed E-state index contributed by atoms with van der Waals surface area (Å²) in [5.41, 5.74) is 3.99. The number of rotatable bonds is 5. The molecule has 3 nitrogen and oxygen atoms in total. The summed E-state index contributed by atoms with van der Waals surface area (Å²) >= 11 is 6.86. The SMILES string of the molecule is N#CC(C(=O)CCl)c1nc(-c2ccc(-c3ccccc3)cc2)cs1. The highest BCUT2D eigenvalue weighted by Gasteiger charge is 2.22. The van der Waals surface area contributed by atoms with Crippen LogP contribution in [0.1, 0.15) is 10.9 Å². The molecule has 0 spiro atoms. The van der Waals surface area contributed by atoms with Crippen molar-refractivity contribution in [3.05, 3.63) is 65.0 Å². The highest BCUT2D eigenvalue weighted by atomic mass is 35.5. The van der Waals surface area contributed by atoms with Gasteiger partial charge >= 0.3 is 0 Å². The van der Waals surface area contributed by atoms with Gasteiger partial charge in [-0.15, -0.1) is 22.9 Å². The van der Waals surface area contributed by atoms with E-state index in [1.54, 1.807) is 0 Å². The zero-order valence-corrected chi connectivity index (χ0v) is 14.2. The first kappa shape index (κ1) is 16.4. The first-order chi connectivity index (χ1) is 11.7. The quantitative estimate of drug-likeness (QED) is 0.614. The van der Waals surface area contributed by atoms with Crippen molar-refractivity contribution in [3.63, 3.8) is 0 Å². The number of nitriles is 1.